The normalized spacial score (nSPS) is 16.3. The number of nitrogens with one attached hydrogen (secondary N) is 2. The topological polar surface area (TPSA) is 40.2 Å². The molecule has 2 N–H and O–H groups in total. The molecule has 0 aliphatic carbocycles. The van der Waals surface area contributed by atoms with Crippen molar-refractivity contribution in [3.8, 4) is 0 Å². The molecule has 5 heteroatoms. The van der Waals surface area contributed by atoms with Gasteiger partial charge < -0.3 is 10.6 Å². The molecule has 0 amide bonds. The van der Waals surface area contributed by atoms with E-state index in [9.17, 15) is 0 Å². The first kappa shape index (κ1) is 14.6. The third-order valence-electron chi connectivity index (χ3n) is 3.95. The average molecular weight is 305 g/mol. The van der Waals surface area contributed by atoms with Gasteiger partial charge in [0.15, 0.2) is 0 Å². The van der Waals surface area contributed by atoms with Gasteiger partial charge in [0.2, 0.25) is 0 Å². The maximum atomic E-state index is 6.18. The molecule has 2 heterocycles. The van der Waals surface area contributed by atoms with E-state index in [1.54, 1.807) is 0 Å². The van der Waals surface area contributed by atoms with Gasteiger partial charge >= 0.3 is 0 Å². The summed E-state index contributed by atoms with van der Waals surface area (Å²) < 4.78 is 0. The van der Waals surface area contributed by atoms with Gasteiger partial charge in [-0.2, -0.15) is 0 Å². The van der Waals surface area contributed by atoms with Crippen molar-refractivity contribution in [2.45, 2.75) is 6.92 Å². The number of nitrogens with zero attached hydrogens (tertiary/aromatic N) is 2. The van der Waals surface area contributed by atoms with Crippen LogP contribution in [0.2, 0.25) is 5.02 Å². The Kier molecular flexibility index (Phi) is 4.58. The number of pyridine rings is 1. The molecule has 4 nitrogen and oxygen atoms in total. The number of fused-ring (bicyclic) bond motifs is 1. The Morgan fingerprint density at radius 2 is 2.14 bits per heavy atom. The lowest BCUT2D eigenvalue weighted by molar-refractivity contribution is 0.249. The standard InChI is InChI=1S/C16H21ClN4/c1-12-10-13(17)11-14-15(2-3-20-16(12)14)19-6-9-21-7-4-18-5-8-21/h2-3,10-11,18H,4-9H2,1H3,(H,19,20). The van der Waals surface area contributed by atoms with E-state index in [0.717, 1.165) is 66.4 Å². The Bertz CT molecular complexity index is 623. The first-order chi connectivity index (χ1) is 10.2. The minimum absolute atomic E-state index is 0.762. The summed E-state index contributed by atoms with van der Waals surface area (Å²) in [5, 5.41) is 8.77. The van der Waals surface area contributed by atoms with Crippen LogP contribution in [0.4, 0.5) is 5.69 Å². The molecule has 0 bridgehead atoms. The van der Waals surface area contributed by atoms with Gasteiger partial charge in [0.1, 0.15) is 0 Å². The summed E-state index contributed by atoms with van der Waals surface area (Å²) in [5.74, 6) is 0. The molecule has 1 aromatic heterocycles. The number of hydrogen-bond acceptors (Lipinski definition) is 4. The molecule has 0 atom stereocenters. The lowest BCUT2D eigenvalue weighted by atomic mass is 10.1. The fourth-order valence-electron chi connectivity index (χ4n) is 2.83. The zero-order valence-electron chi connectivity index (χ0n) is 12.3. The third-order valence-corrected chi connectivity index (χ3v) is 4.17. The van der Waals surface area contributed by atoms with Crippen LogP contribution in [0.25, 0.3) is 10.9 Å². The van der Waals surface area contributed by atoms with Gasteiger partial charge in [-0.05, 0) is 30.7 Å². The van der Waals surface area contributed by atoms with Crippen molar-refractivity contribution in [2.24, 2.45) is 0 Å². The molecule has 112 valence electrons. The number of piperazine rings is 1. The van der Waals surface area contributed by atoms with Gasteiger partial charge in [0.25, 0.3) is 0 Å². The number of aromatic nitrogens is 1. The maximum absolute atomic E-state index is 6.18. The van der Waals surface area contributed by atoms with Crippen LogP contribution in [0.1, 0.15) is 5.56 Å². The Labute approximate surface area is 130 Å². The fourth-order valence-corrected chi connectivity index (χ4v) is 3.10. The first-order valence-electron chi connectivity index (χ1n) is 7.46. The van der Waals surface area contributed by atoms with Crippen LogP contribution in [-0.4, -0.2) is 49.2 Å². The largest absolute Gasteiger partial charge is 0.383 e. The zero-order chi connectivity index (χ0) is 14.7. The number of aryl methyl sites for hydroxylation is 1. The van der Waals surface area contributed by atoms with Gasteiger partial charge in [0.05, 0.1) is 5.52 Å². The van der Waals surface area contributed by atoms with Crippen LogP contribution in [-0.2, 0) is 0 Å². The van der Waals surface area contributed by atoms with Crippen LogP contribution in [0.15, 0.2) is 24.4 Å². The highest BCUT2D eigenvalue weighted by Crippen LogP contribution is 2.27. The molecular formula is C16H21ClN4. The number of halogens is 1. The molecule has 1 aliphatic rings. The summed E-state index contributed by atoms with van der Waals surface area (Å²) >= 11 is 6.18. The average Bonchev–Trinajstić information content (AvgIpc) is 2.49. The summed E-state index contributed by atoms with van der Waals surface area (Å²) in [6.07, 6.45) is 1.86. The summed E-state index contributed by atoms with van der Waals surface area (Å²) in [6, 6.07) is 5.97. The second-order valence-electron chi connectivity index (χ2n) is 5.50. The minimum atomic E-state index is 0.762. The van der Waals surface area contributed by atoms with Crippen LogP contribution in [0, 0.1) is 6.92 Å². The molecule has 0 saturated carbocycles. The molecule has 2 aromatic rings. The Morgan fingerprint density at radius 3 is 2.95 bits per heavy atom. The van der Waals surface area contributed by atoms with E-state index < -0.39 is 0 Å². The lowest BCUT2D eigenvalue weighted by Crippen LogP contribution is -2.45. The third kappa shape index (κ3) is 3.46. The molecule has 1 saturated heterocycles. The van der Waals surface area contributed by atoms with E-state index in [1.165, 1.54) is 0 Å². The van der Waals surface area contributed by atoms with Gasteiger partial charge in [0, 0.05) is 61.6 Å². The highest BCUT2D eigenvalue weighted by molar-refractivity contribution is 6.31. The maximum Gasteiger partial charge on any atom is 0.0752 e. The van der Waals surface area contributed by atoms with Gasteiger partial charge in [-0.1, -0.05) is 11.6 Å². The van der Waals surface area contributed by atoms with E-state index in [0.29, 0.717) is 0 Å². The molecule has 0 unspecified atom stereocenters. The smallest absolute Gasteiger partial charge is 0.0752 e. The van der Waals surface area contributed by atoms with E-state index in [-0.39, 0.29) is 0 Å². The monoisotopic (exact) mass is 304 g/mol. The summed E-state index contributed by atoms with van der Waals surface area (Å²) in [6.45, 7) is 8.48. The highest BCUT2D eigenvalue weighted by atomic mass is 35.5. The van der Waals surface area contributed by atoms with Gasteiger partial charge in [-0.15, -0.1) is 0 Å². The van der Waals surface area contributed by atoms with Crippen molar-refractivity contribution in [1.29, 1.82) is 0 Å². The van der Waals surface area contributed by atoms with Crippen molar-refractivity contribution < 1.29 is 0 Å². The molecule has 1 aromatic carbocycles. The molecular weight excluding hydrogens is 284 g/mol. The number of rotatable bonds is 4. The molecule has 1 aliphatic heterocycles. The Morgan fingerprint density at radius 1 is 1.33 bits per heavy atom. The molecule has 0 radical (unpaired) electrons. The van der Waals surface area contributed by atoms with Crippen molar-refractivity contribution >= 4 is 28.2 Å². The number of hydrogen-bond donors (Lipinski definition) is 2. The number of benzene rings is 1. The van der Waals surface area contributed by atoms with Gasteiger partial charge in [-0.3, -0.25) is 9.88 Å². The van der Waals surface area contributed by atoms with Gasteiger partial charge in [-0.25, -0.2) is 0 Å². The minimum Gasteiger partial charge on any atom is -0.383 e. The molecule has 3 rings (SSSR count). The SMILES string of the molecule is Cc1cc(Cl)cc2c(NCCN3CCNCC3)ccnc12. The highest BCUT2D eigenvalue weighted by Gasteiger charge is 2.09. The molecule has 1 fully saturated rings. The zero-order valence-corrected chi connectivity index (χ0v) is 13.1. The van der Waals surface area contributed by atoms with Crippen LogP contribution in [0.5, 0.6) is 0 Å². The van der Waals surface area contributed by atoms with E-state index in [2.05, 4.69) is 20.5 Å². The predicted molar refractivity (Wildman–Crippen MR) is 89.3 cm³/mol. The van der Waals surface area contributed by atoms with E-state index >= 15 is 0 Å². The molecule has 0 spiro atoms. The van der Waals surface area contributed by atoms with Crippen molar-refractivity contribution in [2.75, 3.05) is 44.6 Å². The van der Waals surface area contributed by atoms with E-state index in [4.69, 9.17) is 11.6 Å². The Balaban J connectivity index is 1.71. The van der Waals surface area contributed by atoms with Crippen LogP contribution >= 0.6 is 11.6 Å². The van der Waals surface area contributed by atoms with Crippen molar-refractivity contribution in [3.05, 3.63) is 35.0 Å². The van der Waals surface area contributed by atoms with Crippen molar-refractivity contribution in [1.82, 2.24) is 15.2 Å². The summed E-state index contributed by atoms with van der Waals surface area (Å²) in [5.41, 5.74) is 3.25. The number of anilines is 1. The first-order valence-corrected chi connectivity index (χ1v) is 7.83. The van der Waals surface area contributed by atoms with Crippen LogP contribution < -0.4 is 10.6 Å². The lowest BCUT2D eigenvalue weighted by Gasteiger charge is -2.27. The fraction of sp³-hybridized carbons (Fsp3) is 0.438. The Hall–Kier alpha value is -1.36. The summed E-state index contributed by atoms with van der Waals surface area (Å²) in [4.78, 5) is 6.94. The molecule has 21 heavy (non-hydrogen) atoms. The second-order valence-corrected chi connectivity index (χ2v) is 5.93. The van der Waals surface area contributed by atoms with Crippen molar-refractivity contribution in [3.63, 3.8) is 0 Å². The van der Waals surface area contributed by atoms with E-state index in [1.807, 2.05) is 31.3 Å². The van der Waals surface area contributed by atoms with Crippen LogP contribution in [0.3, 0.4) is 0 Å². The quantitative estimate of drug-likeness (QED) is 0.910. The second kappa shape index (κ2) is 6.60. The summed E-state index contributed by atoms with van der Waals surface area (Å²) in [7, 11) is 0. The predicted octanol–water partition coefficient (Wildman–Crippen LogP) is 2.51.